The Hall–Kier alpha value is -1.94. The van der Waals surface area contributed by atoms with Crippen molar-refractivity contribution in [3.63, 3.8) is 0 Å². The van der Waals surface area contributed by atoms with Gasteiger partial charge in [-0.25, -0.2) is 9.13 Å². The van der Waals surface area contributed by atoms with Crippen molar-refractivity contribution in [1.29, 1.82) is 0 Å². The zero-order valence-electron chi connectivity index (χ0n) is 66.5. The van der Waals surface area contributed by atoms with E-state index in [0.717, 1.165) is 114 Å². The second-order valence-corrected chi connectivity index (χ2v) is 34.1. The van der Waals surface area contributed by atoms with Crippen LogP contribution in [0.15, 0.2) is 0 Å². The molecule has 0 aromatic rings. The monoisotopic (exact) mass is 1480 g/mol. The summed E-state index contributed by atoms with van der Waals surface area (Å²) >= 11 is 0. The Bertz CT molecular complexity index is 1970. The molecule has 0 heterocycles. The second kappa shape index (κ2) is 71.0. The van der Waals surface area contributed by atoms with Gasteiger partial charge in [-0.05, 0) is 49.4 Å². The molecule has 19 heteroatoms. The molecule has 3 N–H and O–H groups in total. The number of phosphoric ester groups is 2. The quantitative estimate of drug-likeness (QED) is 0.0222. The molecule has 0 aromatic heterocycles. The highest BCUT2D eigenvalue weighted by Gasteiger charge is 2.30. The van der Waals surface area contributed by atoms with Crippen LogP contribution in [0.5, 0.6) is 0 Å². The smallest absolute Gasteiger partial charge is 0.462 e. The Balaban J connectivity index is 5.20. The fourth-order valence-corrected chi connectivity index (χ4v) is 14.2. The summed E-state index contributed by atoms with van der Waals surface area (Å²) < 4.78 is 68.7. The number of unbranched alkanes of at least 4 members (excludes halogenated alkanes) is 44. The van der Waals surface area contributed by atoms with Crippen LogP contribution < -0.4 is 0 Å². The minimum absolute atomic E-state index is 0.107. The van der Waals surface area contributed by atoms with Gasteiger partial charge in [-0.2, -0.15) is 0 Å². The molecule has 0 spiro atoms. The van der Waals surface area contributed by atoms with Gasteiger partial charge in [0.15, 0.2) is 12.2 Å². The second-order valence-electron chi connectivity index (χ2n) is 31.2. The highest BCUT2D eigenvalue weighted by molar-refractivity contribution is 7.47. The third-order valence-electron chi connectivity index (χ3n) is 19.4. The molecule has 0 aliphatic heterocycles. The molecule has 0 bridgehead atoms. The zero-order chi connectivity index (χ0) is 74.6. The van der Waals surface area contributed by atoms with Crippen LogP contribution in [0.2, 0.25) is 0 Å². The first-order valence-electron chi connectivity index (χ1n) is 42.2. The molecule has 0 amide bonds. The summed E-state index contributed by atoms with van der Waals surface area (Å²) in [6.07, 6.45) is 58.4. The Morgan fingerprint density at radius 2 is 0.475 bits per heavy atom. The van der Waals surface area contributed by atoms with Gasteiger partial charge in [-0.15, -0.1) is 0 Å². The van der Waals surface area contributed by atoms with E-state index in [2.05, 4.69) is 55.4 Å². The highest BCUT2D eigenvalue weighted by atomic mass is 31.2. The lowest BCUT2D eigenvalue weighted by Crippen LogP contribution is -2.30. The first-order chi connectivity index (χ1) is 48.6. The first kappa shape index (κ1) is 99.1. The molecule has 101 heavy (non-hydrogen) atoms. The van der Waals surface area contributed by atoms with Gasteiger partial charge in [-0.1, -0.05) is 370 Å². The van der Waals surface area contributed by atoms with Crippen molar-refractivity contribution in [3.8, 4) is 0 Å². The Labute approximate surface area is 619 Å². The molecule has 0 rings (SSSR count). The Morgan fingerprint density at radius 3 is 0.703 bits per heavy atom. The minimum Gasteiger partial charge on any atom is -0.462 e. The average Bonchev–Trinajstić information content (AvgIpc) is 0.939. The average molecular weight is 1480 g/mol. The van der Waals surface area contributed by atoms with E-state index in [-0.39, 0.29) is 25.7 Å². The van der Waals surface area contributed by atoms with Crippen molar-refractivity contribution in [2.24, 2.45) is 23.7 Å². The third kappa shape index (κ3) is 74.7. The number of aliphatic hydroxyl groups is 1. The van der Waals surface area contributed by atoms with Crippen LogP contribution >= 0.6 is 15.6 Å². The standard InChI is InChI=1S/C82H160O17P2/c1-9-75(8)61-53-45-37-31-32-38-46-54-62-79(84)92-68-77(98-81(86)64-56-48-39-29-25-21-17-13-11-10-12-15-19-23-27-34-42-50-58-72(2)3)70-96-100(88,89)94-66-76(83)67-95-101(90,91)97-71-78(69-93-80(85)63-55-47-41-33-36-44-52-60-74(6)7)99-82(87)65-57-49-40-30-26-22-18-14-16-20-24-28-35-43-51-59-73(4)5/h72-78,83H,9-71H2,1-8H3,(H,88,89)(H,90,91)/t75?,76?,77-,78-/m1/s1. The number of carbonyl (C=O) groups excluding carboxylic acids is 4. The van der Waals surface area contributed by atoms with Gasteiger partial charge in [0.05, 0.1) is 26.4 Å². The number of phosphoric acid groups is 2. The van der Waals surface area contributed by atoms with Crippen LogP contribution in [0.1, 0.15) is 421 Å². The molecule has 4 unspecified atom stereocenters. The van der Waals surface area contributed by atoms with Crippen molar-refractivity contribution < 1.29 is 80.2 Å². The topological polar surface area (TPSA) is 237 Å². The molecule has 0 aromatic carbocycles. The van der Waals surface area contributed by atoms with Gasteiger partial charge >= 0.3 is 39.5 Å². The molecular weight excluding hydrogens is 1320 g/mol. The van der Waals surface area contributed by atoms with Gasteiger partial charge in [0.25, 0.3) is 0 Å². The third-order valence-corrected chi connectivity index (χ3v) is 21.3. The maximum atomic E-state index is 13.1. The van der Waals surface area contributed by atoms with E-state index in [0.29, 0.717) is 31.6 Å². The van der Waals surface area contributed by atoms with E-state index in [9.17, 15) is 43.2 Å². The number of carbonyl (C=O) groups is 4. The van der Waals surface area contributed by atoms with Crippen molar-refractivity contribution in [1.82, 2.24) is 0 Å². The number of hydrogen-bond acceptors (Lipinski definition) is 15. The Morgan fingerprint density at radius 1 is 0.277 bits per heavy atom. The van der Waals surface area contributed by atoms with Crippen molar-refractivity contribution >= 4 is 39.5 Å². The van der Waals surface area contributed by atoms with Crippen LogP contribution in [-0.4, -0.2) is 96.7 Å². The van der Waals surface area contributed by atoms with E-state index >= 15 is 0 Å². The van der Waals surface area contributed by atoms with Crippen LogP contribution in [0.25, 0.3) is 0 Å². The van der Waals surface area contributed by atoms with Gasteiger partial charge in [0, 0.05) is 25.7 Å². The van der Waals surface area contributed by atoms with Crippen LogP contribution in [0.3, 0.4) is 0 Å². The van der Waals surface area contributed by atoms with Crippen LogP contribution in [-0.2, 0) is 65.4 Å². The first-order valence-corrected chi connectivity index (χ1v) is 45.2. The highest BCUT2D eigenvalue weighted by Crippen LogP contribution is 2.45. The lowest BCUT2D eigenvalue weighted by Gasteiger charge is -2.21. The Kier molecular flexibility index (Phi) is 69.6. The van der Waals surface area contributed by atoms with Crippen molar-refractivity contribution in [2.75, 3.05) is 39.6 Å². The van der Waals surface area contributed by atoms with E-state index < -0.39 is 97.5 Å². The number of rotatable bonds is 79. The van der Waals surface area contributed by atoms with Crippen LogP contribution in [0.4, 0.5) is 0 Å². The fourth-order valence-electron chi connectivity index (χ4n) is 12.6. The molecule has 600 valence electrons. The minimum atomic E-state index is -4.96. The number of esters is 4. The lowest BCUT2D eigenvalue weighted by atomic mass is 9.99. The summed E-state index contributed by atoms with van der Waals surface area (Å²) in [5, 5.41) is 10.6. The number of ether oxygens (including phenoxy) is 4. The van der Waals surface area contributed by atoms with E-state index in [1.807, 2.05) is 0 Å². The molecule has 0 saturated carbocycles. The molecule has 0 aliphatic carbocycles. The van der Waals surface area contributed by atoms with Gasteiger partial charge in [0.2, 0.25) is 0 Å². The fraction of sp³-hybridized carbons (Fsp3) is 0.951. The van der Waals surface area contributed by atoms with Crippen molar-refractivity contribution in [2.45, 2.75) is 440 Å². The van der Waals surface area contributed by atoms with Gasteiger partial charge in [-0.3, -0.25) is 37.3 Å². The molecule has 17 nitrogen and oxygen atoms in total. The van der Waals surface area contributed by atoms with E-state index in [1.165, 1.54) is 218 Å². The number of hydrogen-bond donors (Lipinski definition) is 3. The summed E-state index contributed by atoms with van der Waals surface area (Å²) in [7, 11) is -9.92. The lowest BCUT2D eigenvalue weighted by molar-refractivity contribution is -0.161. The van der Waals surface area contributed by atoms with Crippen LogP contribution in [0, 0.1) is 23.7 Å². The van der Waals surface area contributed by atoms with E-state index in [4.69, 9.17) is 37.0 Å². The van der Waals surface area contributed by atoms with E-state index in [1.54, 1.807) is 0 Å². The molecule has 0 aliphatic rings. The maximum absolute atomic E-state index is 13.1. The summed E-state index contributed by atoms with van der Waals surface area (Å²) in [4.78, 5) is 73.0. The SMILES string of the molecule is CCC(C)CCCCCCCCCCC(=O)OC[C@H](COP(=O)(O)OCC(O)COP(=O)(O)OC[C@@H](COC(=O)CCCCCCCCCC(C)C)OC(=O)CCCCCCCCCCCCCCCCCC(C)C)OC(=O)CCCCCCCCCCCCCCCCCCCCC(C)C. The maximum Gasteiger partial charge on any atom is 0.472 e. The zero-order valence-corrected chi connectivity index (χ0v) is 68.3. The largest absolute Gasteiger partial charge is 0.472 e. The molecular formula is C82H160O17P2. The molecule has 0 radical (unpaired) electrons. The molecule has 6 atom stereocenters. The van der Waals surface area contributed by atoms with Gasteiger partial charge in [0.1, 0.15) is 19.3 Å². The summed E-state index contributed by atoms with van der Waals surface area (Å²) in [6.45, 7) is 14.3. The summed E-state index contributed by atoms with van der Waals surface area (Å²) in [6, 6.07) is 0. The predicted molar refractivity (Wildman–Crippen MR) is 414 cm³/mol. The molecule has 0 fully saturated rings. The van der Waals surface area contributed by atoms with Crippen molar-refractivity contribution in [3.05, 3.63) is 0 Å². The normalized spacial score (nSPS) is 14.3. The predicted octanol–water partition coefficient (Wildman–Crippen LogP) is 24.4. The summed E-state index contributed by atoms with van der Waals surface area (Å²) in [5.74, 6) is 0.991. The summed E-state index contributed by atoms with van der Waals surface area (Å²) in [5.41, 5.74) is 0. The molecule has 0 saturated heterocycles. The van der Waals surface area contributed by atoms with Gasteiger partial charge < -0.3 is 33.8 Å². The number of aliphatic hydroxyl groups excluding tert-OH is 1.